The third kappa shape index (κ3) is 3.00. The van der Waals surface area contributed by atoms with Gasteiger partial charge < -0.3 is 9.88 Å². The second kappa shape index (κ2) is 6.16. The van der Waals surface area contributed by atoms with E-state index in [4.69, 9.17) is 0 Å². The quantitative estimate of drug-likeness (QED) is 0.858. The molecule has 4 heteroatoms. The van der Waals surface area contributed by atoms with E-state index in [1.165, 1.54) is 11.3 Å². The lowest BCUT2D eigenvalue weighted by Crippen LogP contribution is -2.15. The standard InChI is InChI=1S/C14H18BrN3/c1-3-6-16-10-12-9-13(15)4-5-14(12)18-8-7-17-11(18)2/h4-5,7-9,16H,3,6,10H2,1-2H3. The van der Waals surface area contributed by atoms with E-state index in [2.05, 4.69) is 55.9 Å². The molecule has 2 rings (SSSR count). The van der Waals surface area contributed by atoms with Crippen molar-refractivity contribution in [3.63, 3.8) is 0 Å². The van der Waals surface area contributed by atoms with Crippen molar-refractivity contribution in [3.05, 3.63) is 46.5 Å². The third-order valence-corrected chi connectivity index (χ3v) is 3.36. The van der Waals surface area contributed by atoms with E-state index < -0.39 is 0 Å². The van der Waals surface area contributed by atoms with Gasteiger partial charge in [0.05, 0.1) is 5.69 Å². The highest BCUT2D eigenvalue weighted by Gasteiger charge is 2.07. The molecule has 96 valence electrons. The first kappa shape index (κ1) is 13.3. The van der Waals surface area contributed by atoms with Crippen LogP contribution in [-0.4, -0.2) is 16.1 Å². The van der Waals surface area contributed by atoms with Crippen LogP contribution < -0.4 is 5.32 Å². The second-order valence-electron chi connectivity index (χ2n) is 4.29. The van der Waals surface area contributed by atoms with E-state index in [1.54, 1.807) is 0 Å². The van der Waals surface area contributed by atoms with Crippen molar-refractivity contribution in [2.45, 2.75) is 26.8 Å². The Morgan fingerprint density at radius 1 is 1.39 bits per heavy atom. The van der Waals surface area contributed by atoms with Gasteiger partial charge in [-0.05, 0) is 43.7 Å². The van der Waals surface area contributed by atoms with Crippen molar-refractivity contribution in [2.24, 2.45) is 0 Å². The summed E-state index contributed by atoms with van der Waals surface area (Å²) in [6.45, 7) is 6.11. The number of benzene rings is 1. The van der Waals surface area contributed by atoms with E-state index in [0.29, 0.717) is 0 Å². The van der Waals surface area contributed by atoms with E-state index in [1.807, 2.05) is 19.3 Å². The summed E-state index contributed by atoms with van der Waals surface area (Å²) < 4.78 is 3.23. The maximum absolute atomic E-state index is 4.28. The number of aromatic nitrogens is 2. The third-order valence-electron chi connectivity index (χ3n) is 2.87. The molecule has 0 aliphatic rings. The average Bonchev–Trinajstić information content (AvgIpc) is 2.76. The number of hydrogen-bond acceptors (Lipinski definition) is 2. The molecular formula is C14H18BrN3. The van der Waals surface area contributed by atoms with Crippen molar-refractivity contribution in [3.8, 4) is 5.69 Å². The molecule has 1 aromatic heterocycles. The summed E-state index contributed by atoms with van der Waals surface area (Å²) in [4.78, 5) is 4.28. The van der Waals surface area contributed by atoms with E-state index >= 15 is 0 Å². The minimum absolute atomic E-state index is 0.875. The first-order valence-electron chi connectivity index (χ1n) is 6.22. The highest BCUT2D eigenvalue weighted by Crippen LogP contribution is 2.21. The highest BCUT2D eigenvalue weighted by molar-refractivity contribution is 9.10. The fourth-order valence-electron chi connectivity index (χ4n) is 1.96. The summed E-state index contributed by atoms with van der Waals surface area (Å²) >= 11 is 3.53. The van der Waals surface area contributed by atoms with Crippen molar-refractivity contribution < 1.29 is 0 Å². The fourth-order valence-corrected chi connectivity index (χ4v) is 2.37. The first-order valence-corrected chi connectivity index (χ1v) is 7.01. The molecule has 0 aliphatic carbocycles. The maximum Gasteiger partial charge on any atom is 0.110 e. The minimum Gasteiger partial charge on any atom is -0.313 e. The molecule has 0 saturated heterocycles. The van der Waals surface area contributed by atoms with Gasteiger partial charge in [-0.15, -0.1) is 0 Å². The predicted molar refractivity (Wildman–Crippen MR) is 78.0 cm³/mol. The van der Waals surface area contributed by atoms with Crippen LogP contribution in [0.4, 0.5) is 0 Å². The van der Waals surface area contributed by atoms with Crippen molar-refractivity contribution >= 4 is 15.9 Å². The predicted octanol–water partition coefficient (Wildman–Crippen LogP) is 3.44. The monoisotopic (exact) mass is 307 g/mol. The Bertz CT molecular complexity index is 520. The van der Waals surface area contributed by atoms with Crippen molar-refractivity contribution in [1.82, 2.24) is 14.9 Å². The second-order valence-corrected chi connectivity index (χ2v) is 5.21. The molecular weight excluding hydrogens is 290 g/mol. The van der Waals surface area contributed by atoms with E-state index in [9.17, 15) is 0 Å². The SMILES string of the molecule is CCCNCc1cc(Br)ccc1-n1ccnc1C. The lowest BCUT2D eigenvalue weighted by molar-refractivity contribution is 0.672. The van der Waals surface area contributed by atoms with Gasteiger partial charge in [0.2, 0.25) is 0 Å². The highest BCUT2D eigenvalue weighted by atomic mass is 79.9. The topological polar surface area (TPSA) is 29.9 Å². The molecule has 0 atom stereocenters. The fraction of sp³-hybridized carbons (Fsp3) is 0.357. The summed E-state index contributed by atoms with van der Waals surface area (Å²) in [6.07, 6.45) is 4.98. The molecule has 0 bridgehead atoms. The zero-order valence-electron chi connectivity index (χ0n) is 10.8. The molecule has 0 spiro atoms. The lowest BCUT2D eigenvalue weighted by atomic mass is 10.1. The van der Waals surface area contributed by atoms with Crippen LogP contribution in [0.3, 0.4) is 0 Å². The van der Waals surface area contributed by atoms with Gasteiger partial charge >= 0.3 is 0 Å². The number of aryl methyl sites for hydroxylation is 1. The van der Waals surface area contributed by atoms with Gasteiger partial charge in [0, 0.05) is 23.4 Å². The summed E-state index contributed by atoms with van der Waals surface area (Å²) in [5.74, 6) is 1.01. The van der Waals surface area contributed by atoms with Crippen molar-refractivity contribution in [2.75, 3.05) is 6.54 Å². The largest absolute Gasteiger partial charge is 0.313 e. The Labute approximate surface area is 116 Å². The van der Waals surface area contributed by atoms with Gasteiger partial charge in [0.25, 0.3) is 0 Å². The molecule has 0 radical (unpaired) electrons. The van der Waals surface area contributed by atoms with Crippen LogP contribution in [0.25, 0.3) is 5.69 Å². The number of halogens is 1. The molecule has 0 aliphatic heterocycles. The molecule has 1 aromatic carbocycles. The summed E-state index contributed by atoms with van der Waals surface area (Å²) in [5.41, 5.74) is 2.47. The molecule has 0 saturated carbocycles. The Hall–Kier alpha value is -1.13. The lowest BCUT2D eigenvalue weighted by Gasteiger charge is -2.13. The van der Waals surface area contributed by atoms with Gasteiger partial charge in [-0.2, -0.15) is 0 Å². The Morgan fingerprint density at radius 3 is 2.89 bits per heavy atom. The van der Waals surface area contributed by atoms with E-state index in [0.717, 1.165) is 29.8 Å². The zero-order valence-corrected chi connectivity index (χ0v) is 12.4. The molecule has 0 fully saturated rings. The minimum atomic E-state index is 0.875. The Morgan fingerprint density at radius 2 is 2.22 bits per heavy atom. The molecule has 1 N–H and O–H groups in total. The van der Waals surface area contributed by atoms with Gasteiger partial charge in [-0.1, -0.05) is 22.9 Å². The zero-order chi connectivity index (χ0) is 13.0. The normalized spacial score (nSPS) is 10.8. The molecule has 1 heterocycles. The van der Waals surface area contributed by atoms with E-state index in [-0.39, 0.29) is 0 Å². The van der Waals surface area contributed by atoms with Crippen LogP contribution in [0.2, 0.25) is 0 Å². The smallest absolute Gasteiger partial charge is 0.110 e. The van der Waals surface area contributed by atoms with Crippen molar-refractivity contribution in [1.29, 1.82) is 0 Å². The van der Waals surface area contributed by atoms with Crippen LogP contribution in [-0.2, 0) is 6.54 Å². The summed E-state index contributed by atoms with van der Waals surface area (Å²) in [5, 5.41) is 3.45. The molecule has 3 nitrogen and oxygen atoms in total. The number of imidazole rings is 1. The molecule has 0 unspecified atom stereocenters. The summed E-state index contributed by atoms with van der Waals surface area (Å²) in [6, 6.07) is 6.36. The van der Waals surface area contributed by atoms with Crippen LogP contribution >= 0.6 is 15.9 Å². The maximum atomic E-state index is 4.28. The Balaban J connectivity index is 2.32. The van der Waals surface area contributed by atoms with Gasteiger partial charge in [-0.3, -0.25) is 0 Å². The molecule has 18 heavy (non-hydrogen) atoms. The van der Waals surface area contributed by atoms with Gasteiger partial charge in [-0.25, -0.2) is 4.98 Å². The van der Waals surface area contributed by atoms with Crippen LogP contribution in [0, 0.1) is 6.92 Å². The van der Waals surface area contributed by atoms with Crippen LogP contribution in [0.5, 0.6) is 0 Å². The molecule has 0 amide bonds. The Kier molecular flexibility index (Phi) is 4.55. The summed E-state index contributed by atoms with van der Waals surface area (Å²) in [7, 11) is 0. The van der Waals surface area contributed by atoms with Gasteiger partial charge in [0.1, 0.15) is 5.82 Å². The number of hydrogen-bond donors (Lipinski definition) is 1. The van der Waals surface area contributed by atoms with Crippen LogP contribution in [0.1, 0.15) is 24.7 Å². The first-order chi connectivity index (χ1) is 8.72. The number of rotatable bonds is 5. The number of nitrogens with zero attached hydrogens (tertiary/aromatic N) is 2. The molecule has 2 aromatic rings. The average molecular weight is 308 g/mol. The van der Waals surface area contributed by atoms with Crippen LogP contribution in [0.15, 0.2) is 35.1 Å². The number of nitrogens with one attached hydrogen (secondary N) is 1. The van der Waals surface area contributed by atoms with Gasteiger partial charge in [0.15, 0.2) is 0 Å².